The second-order valence-corrected chi connectivity index (χ2v) is 2.19. The Bertz CT molecular complexity index is 284. The maximum atomic E-state index is 10.9. The first kappa shape index (κ1) is 12.6. The van der Waals surface area contributed by atoms with Crippen molar-refractivity contribution in [3.05, 3.63) is 29.6 Å². The van der Waals surface area contributed by atoms with Crippen molar-refractivity contribution in [2.45, 2.75) is 34.2 Å². The van der Waals surface area contributed by atoms with Gasteiger partial charge >= 0.3 is 0 Å². The number of pyridine rings is 1. The predicted molar refractivity (Wildman–Crippen MR) is 58.1 cm³/mol. The van der Waals surface area contributed by atoms with Crippen LogP contribution in [0.15, 0.2) is 18.3 Å². The van der Waals surface area contributed by atoms with Crippen LogP contribution in [-0.4, -0.2) is 10.9 Å². The average Bonchev–Trinajstić information content (AvgIpc) is 2.67. The van der Waals surface area contributed by atoms with E-state index in [1.54, 1.807) is 6.20 Å². The molecule has 1 aromatic heterocycles. The molecule has 1 aromatic rings. The fraction of sp³-hybridized carbons (Fsp3) is 0.455. The van der Waals surface area contributed by atoms with Crippen molar-refractivity contribution in [3.63, 3.8) is 0 Å². The van der Waals surface area contributed by atoms with Gasteiger partial charge in [0.25, 0.3) is 5.91 Å². The van der Waals surface area contributed by atoms with E-state index < -0.39 is 0 Å². The molecule has 0 fully saturated rings. The van der Waals surface area contributed by atoms with Gasteiger partial charge in [0.1, 0.15) is 5.69 Å². The molecule has 78 valence electrons. The van der Waals surface area contributed by atoms with Crippen LogP contribution >= 0.6 is 0 Å². The summed E-state index contributed by atoms with van der Waals surface area (Å²) in [7, 11) is 0. The van der Waals surface area contributed by atoms with Crippen molar-refractivity contribution in [1.82, 2.24) is 10.3 Å². The Morgan fingerprint density at radius 1 is 1.29 bits per heavy atom. The molecular weight excluding hydrogens is 176 g/mol. The number of aromatic nitrogens is 1. The number of carbonyl (C=O) groups excluding carboxylic acids is 1. The zero-order valence-corrected chi connectivity index (χ0v) is 9.29. The van der Waals surface area contributed by atoms with Crippen molar-refractivity contribution in [3.8, 4) is 0 Å². The van der Waals surface area contributed by atoms with Crippen LogP contribution in [0, 0.1) is 0 Å². The molecule has 0 saturated heterocycles. The van der Waals surface area contributed by atoms with Crippen LogP contribution in [0.4, 0.5) is 0 Å². The number of amides is 1. The summed E-state index contributed by atoms with van der Waals surface area (Å²) in [6.45, 7) is 8.63. The minimum Gasteiger partial charge on any atom is -0.347 e. The molecule has 0 aliphatic carbocycles. The first-order valence-electron chi connectivity index (χ1n) is 5.10. The van der Waals surface area contributed by atoms with Crippen LogP contribution in [-0.2, 0) is 6.54 Å². The molecule has 3 nitrogen and oxygen atoms in total. The third kappa shape index (κ3) is 2.83. The lowest BCUT2D eigenvalue weighted by atomic mass is 10.2. The third-order valence-corrected chi connectivity index (χ3v) is 1.55. The summed E-state index contributed by atoms with van der Waals surface area (Å²) >= 11 is 0. The SMILES string of the molecule is CC.CC.O=C1NCc2cccnc21. The Balaban J connectivity index is 0.000000379. The first-order valence-corrected chi connectivity index (χ1v) is 5.10. The topological polar surface area (TPSA) is 42.0 Å². The molecule has 0 unspecified atom stereocenters. The Morgan fingerprint density at radius 3 is 2.50 bits per heavy atom. The van der Waals surface area contributed by atoms with E-state index in [4.69, 9.17) is 0 Å². The number of hydrogen-bond acceptors (Lipinski definition) is 2. The predicted octanol–water partition coefficient (Wildman–Crippen LogP) is 2.38. The maximum Gasteiger partial charge on any atom is 0.270 e. The van der Waals surface area contributed by atoms with Gasteiger partial charge in [-0.1, -0.05) is 33.8 Å². The van der Waals surface area contributed by atoms with Gasteiger partial charge in [0, 0.05) is 18.3 Å². The van der Waals surface area contributed by atoms with E-state index >= 15 is 0 Å². The molecule has 1 aliphatic heterocycles. The molecule has 0 spiro atoms. The quantitative estimate of drug-likeness (QED) is 0.689. The molecule has 14 heavy (non-hydrogen) atoms. The molecule has 2 heterocycles. The summed E-state index contributed by atoms with van der Waals surface area (Å²) in [5.74, 6) is -0.0596. The molecule has 3 heteroatoms. The molecule has 0 aromatic carbocycles. The summed E-state index contributed by atoms with van der Waals surface area (Å²) in [4.78, 5) is 14.8. The Labute approximate surface area is 85.6 Å². The molecule has 0 saturated carbocycles. The van der Waals surface area contributed by atoms with Gasteiger partial charge in [0.15, 0.2) is 0 Å². The highest BCUT2D eigenvalue weighted by molar-refractivity contribution is 5.96. The van der Waals surface area contributed by atoms with Gasteiger partial charge in [-0.05, 0) is 6.07 Å². The molecule has 2 rings (SSSR count). The summed E-state index contributed by atoms with van der Waals surface area (Å²) < 4.78 is 0. The van der Waals surface area contributed by atoms with Gasteiger partial charge in [-0.15, -0.1) is 0 Å². The summed E-state index contributed by atoms with van der Waals surface area (Å²) in [5, 5.41) is 2.68. The van der Waals surface area contributed by atoms with E-state index in [1.807, 2.05) is 39.8 Å². The number of nitrogens with zero attached hydrogens (tertiary/aromatic N) is 1. The molecule has 1 aliphatic rings. The molecule has 1 N–H and O–H groups in total. The van der Waals surface area contributed by atoms with Crippen molar-refractivity contribution in [2.24, 2.45) is 0 Å². The number of nitrogens with one attached hydrogen (secondary N) is 1. The number of rotatable bonds is 0. The Kier molecular flexibility index (Phi) is 6.37. The second-order valence-electron chi connectivity index (χ2n) is 2.19. The van der Waals surface area contributed by atoms with Crippen LogP contribution in [0.2, 0.25) is 0 Å². The van der Waals surface area contributed by atoms with Gasteiger partial charge < -0.3 is 5.32 Å². The van der Waals surface area contributed by atoms with E-state index in [9.17, 15) is 4.79 Å². The lowest BCUT2D eigenvalue weighted by molar-refractivity contribution is 0.0961. The Hall–Kier alpha value is -1.38. The van der Waals surface area contributed by atoms with Crippen molar-refractivity contribution >= 4 is 5.91 Å². The van der Waals surface area contributed by atoms with E-state index in [2.05, 4.69) is 10.3 Å². The van der Waals surface area contributed by atoms with E-state index in [0.717, 1.165) is 5.56 Å². The lowest BCUT2D eigenvalue weighted by Crippen LogP contribution is -2.13. The standard InChI is InChI=1S/C7H6N2O.2C2H6/c10-7-6-5(4-9-7)2-1-3-8-6;2*1-2/h1-3H,4H2,(H,9,10);2*1-2H3. The minimum absolute atomic E-state index is 0.0596. The van der Waals surface area contributed by atoms with Gasteiger partial charge in [-0.3, -0.25) is 9.78 Å². The molecule has 1 amide bonds. The second kappa shape index (κ2) is 7.06. The minimum atomic E-state index is -0.0596. The smallest absolute Gasteiger partial charge is 0.270 e. The lowest BCUT2D eigenvalue weighted by Gasteiger charge is -1.88. The highest BCUT2D eigenvalue weighted by Gasteiger charge is 2.18. The Morgan fingerprint density at radius 2 is 1.93 bits per heavy atom. The number of fused-ring (bicyclic) bond motifs is 1. The fourth-order valence-electron chi connectivity index (χ4n) is 1.04. The molecule has 0 bridgehead atoms. The van der Waals surface area contributed by atoms with Crippen LogP contribution in [0.1, 0.15) is 43.7 Å². The van der Waals surface area contributed by atoms with E-state index in [-0.39, 0.29) is 5.91 Å². The zero-order chi connectivity index (χ0) is 11.0. The van der Waals surface area contributed by atoms with Crippen molar-refractivity contribution in [1.29, 1.82) is 0 Å². The van der Waals surface area contributed by atoms with E-state index in [1.165, 1.54) is 0 Å². The largest absolute Gasteiger partial charge is 0.347 e. The van der Waals surface area contributed by atoms with Crippen molar-refractivity contribution in [2.75, 3.05) is 0 Å². The van der Waals surface area contributed by atoms with Crippen LogP contribution in [0.3, 0.4) is 0 Å². The highest BCUT2D eigenvalue weighted by atomic mass is 16.2. The average molecular weight is 194 g/mol. The summed E-state index contributed by atoms with van der Waals surface area (Å²) in [5.41, 5.74) is 1.56. The first-order chi connectivity index (χ1) is 6.88. The van der Waals surface area contributed by atoms with Crippen molar-refractivity contribution < 1.29 is 4.79 Å². The third-order valence-electron chi connectivity index (χ3n) is 1.55. The zero-order valence-electron chi connectivity index (χ0n) is 9.29. The molecular formula is C11H18N2O. The van der Waals surface area contributed by atoms with E-state index in [0.29, 0.717) is 12.2 Å². The highest BCUT2D eigenvalue weighted by Crippen LogP contribution is 2.10. The normalized spacial score (nSPS) is 11.3. The van der Waals surface area contributed by atoms with Gasteiger partial charge in [0.05, 0.1) is 0 Å². The molecule has 0 atom stereocenters. The van der Waals surface area contributed by atoms with Crippen LogP contribution in [0.5, 0.6) is 0 Å². The van der Waals surface area contributed by atoms with Crippen LogP contribution < -0.4 is 5.32 Å². The fourth-order valence-corrected chi connectivity index (χ4v) is 1.04. The summed E-state index contributed by atoms with van der Waals surface area (Å²) in [6, 6.07) is 3.74. The summed E-state index contributed by atoms with van der Waals surface area (Å²) in [6.07, 6.45) is 1.63. The maximum absolute atomic E-state index is 10.9. The van der Waals surface area contributed by atoms with Crippen LogP contribution in [0.25, 0.3) is 0 Å². The molecule has 0 radical (unpaired) electrons. The monoisotopic (exact) mass is 194 g/mol. The number of carbonyl (C=O) groups is 1. The van der Waals surface area contributed by atoms with Gasteiger partial charge in [-0.2, -0.15) is 0 Å². The number of hydrogen-bond donors (Lipinski definition) is 1. The van der Waals surface area contributed by atoms with Gasteiger partial charge in [-0.25, -0.2) is 0 Å². The van der Waals surface area contributed by atoms with Gasteiger partial charge in [0.2, 0.25) is 0 Å².